The highest BCUT2D eigenvalue weighted by molar-refractivity contribution is 5.97. The lowest BCUT2D eigenvalue weighted by Gasteiger charge is -2.30. The number of hydrogen-bond donors (Lipinski definition) is 1. The van der Waals surface area contributed by atoms with E-state index in [4.69, 9.17) is 0 Å². The molecule has 0 saturated carbocycles. The van der Waals surface area contributed by atoms with Gasteiger partial charge in [0.1, 0.15) is 5.69 Å². The number of nitrogens with zero attached hydrogens (tertiary/aromatic N) is 3. The van der Waals surface area contributed by atoms with Crippen LogP contribution in [-0.2, 0) is 13.0 Å². The number of hydrogen-bond acceptors (Lipinski definition) is 3. The lowest BCUT2D eigenvalue weighted by Crippen LogP contribution is -2.39. The minimum absolute atomic E-state index is 0.000101. The van der Waals surface area contributed by atoms with Crippen LogP contribution in [0.4, 0.5) is 0 Å². The number of rotatable bonds is 4. The Balaban J connectivity index is 1.86. The van der Waals surface area contributed by atoms with Crippen molar-refractivity contribution in [1.82, 2.24) is 19.8 Å². The van der Waals surface area contributed by atoms with Crippen molar-refractivity contribution in [2.24, 2.45) is 11.8 Å². The molecule has 0 bridgehead atoms. The molecule has 0 aromatic carbocycles. The van der Waals surface area contributed by atoms with Gasteiger partial charge in [-0.25, -0.2) is 4.98 Å². The second-order valence-corrected chi connectivity index (χ2v) is 7.94. The predicted octanol–water partition coefficient (Wildman–Crippen LogP) is 2.48. The zero-order chi connectivity index (χ0) is 18.0. The van der Waals surface area contributed by atoms with Crippen LogP contribution in [0.15, 0.2) is 0 Å². The maximum Gasteiger partial charge on any atom is 0.287 e. The minimum Gasteiger partial charge on any atom is -0.349 e. The summed E-state index contributed by atoms with van der Waals surface area (Å²) >= 11 is 0. The van der Waals surface area contributed by atoms with E-state index in [9.17, 15) is 9.59 Å². The first kappa shape index (κ1) is 18.0. The molecule has 1 aromatic heterocycles. The van der Waals surface area contributed by atoms with Gasteiger partial charge in [-0.1, -0.05) is 20.8 Å². The lowest BCUT2D eigenvalue weighted by atomic mass is 9.99. The number of piperidine rings is 1. The molecule has 6 heteroatoms. The number of fused-ring (bicyclic) bond motifs is 1. The molecule has 0 aliphatic carbocycles. The van der Waals surface area contributed by atoms with E-state index >= 15 is 0 Å². The maximum absolute atomic E-state index is 13.0. The largest absolute Gasteiger partial charge is 0.349 e. The van der Waals surface area contributed by atoms with Crippen molar-refractivity contribution in [3.05, 3.63) is 17.2 Å². The molecule has 138 valence electrons. The smallest absolute Gasteiger partial charge is 0.287 e. The Morgan fingerprint density at radius 1 is 1.24 bits per heavy atom. The van der Waals surface area contributed by atoms with E-state index in [1.54, 1.807) is 0 Å². The van der Waals surface area contributed by atoms with Crippen LogP contribution in [0, 0.1) is 11.8 Å². The summed E-state index contributed by atoms with van der Waals surface area (Å²) in [7, 11) is 0. The summed E-state index contributed by atoms with van der Waals surface area (Å²) < 4.78 is 1.97. The first-order valence-electron chi connectivity index (χ1n) is 9.64. The minimum atomic E-state index is -0.164. The van der Waals surface area contributed by atoms with Crippen LogP contribution < -0.4 is 5.32 Å². The molecule has 0 radical (unpaired) electrons. The summed E-state index contributed by atoms with van der Waals surface area (Å²) in [6.07, 6.45) is 5.13. The second kappa shape index (κ2) is 7.58. The third-order valence-corrected chi connectivity index (χ3v) is 5.14. The molecule has 1 N–H and O–H groups in total. The first-order valence-corrected chi connectivity index (χ1v) is 9.64. The molecule has 3 rings (SSSR count). The van der Waals surface area contributed by atoms with Crippen molar-refractivity contribution in [2.75, 3.05) is 19.6 Å². The molecule has 1 fully saturated rings. The number of carbonyl (C=O) groups excluding carboxylic acids is 2. The van der Waals surface area contributed by atoms with Gasteiger partial charge in [0.15, 0.2) is 5.82 Å². The van der Waals surface area contributed by atoms with Gasteiger partial charge < -0.3 is 14.8 Å². The van der Waals surface area contributed by atoms with Crippen LogP contribution in [0.3, 0.4) is 0 Å². The molecule has 2 amide bonds. The fraction of sp³-hybridized carbons (Fsp3) is 0.737. The maximum atomic E-state index is 13.0. The van der Waals surface area contributed by atoms with Gasteiger partial charge in [-0.2, -0.15) is 0 Å². The van der Waals surface area contributed by atoms with E-state index in [1.807, 2.05) is 9.47 Å². The van der Waals surface area contributed by atoms with Crippen molar-refractivity contribution in [3.63, 3.8) is 0 Å². The standard InChI is InChI=1S/C19H30N4O2/c1-13(2)11-20-18(24)17-21-16(15-8-4-5-10-23(15)17)19(25)22-9-6-7-14(3)12-22/h13-14H,4-12H2,1-3H3,(H,20,24). The van der Waals surface area contributed by atoms with E-state index in [2.05, 4.69) is 31.1 Å². The molecule has 1 aromatic rings. The highest BCUT2D eigenvalue weighted by Gasteiger charge is 2.31. The number of imidazole rings is 1. The molecule has 2 aliphatic heterocycles. The number of carbonyl (C=O) groups is 2. The van der Waals surface area contributed by atoms with Gasteiger partial charge in [-0.15, -0.1) is 0 Å². The molecule has 1 atom stereocenters. The number of nitrogens with one attached hydrogen (secondary N) is 1. The second-order valence-electron chi connectivity index (χ2n) is 7.94. The molecular weight excluding hydrogens is 316 g/mol. The van der Waals surface area contributed by atoms with E-state index < -0.39 is 0 Å². The molecule has 1 saturated heterocycles. The SMILES string of the molecule is CC(C)CNC(=O)c1nc(C(=O)N2CCCC(C)C2)c2n1CCCC2. The first-order chi connectivity index (χ1) is 12.0. The average molecular weight is 346 g/mol. The highest BCUT2D eigenvalue weighted by atomic mass is 16.2. The fourth-order valence-electron chi connectivity index (χ4n) is 3.79. The Labute approximate surface area is 150 Å². The average Bonchev–Trinajstić information content (AvgIpc) is 2.99. The fourth-order valence-corrected chi connectivity index (χ4v) is 3.79. The van der Waals surface area contributed by atoms with Gasteiger partial charge in [0.2, 0.25) is 0 Å². The Kier molecular flexibility index (Phi) is 5.45. The molecule has 1 unspecified atom stereocenters. The summed E-state index contributed by atoms with van der Waals surface area (Å²) in [5.74, 6) is 1.16. The Bertz CT molecular complexity index is 650. The van der Waals surface area contributed by atoms with Crippen molar-refractivity contribution >= 4 is 11.8 Å². The molecule has 3 heterocycles. The number of likely N-dealkylation sites (tertiary alicyclic amines) is 1. The normalized spacial score (nSPS) is 20.5. The zero-order valence-corrected chi connectivity index (χ0v) is 15.7. The van der Waals surface area contributed by atoms with Crippen LogP contribution in [0.25, 0.3) is 0 Å². The molecule has 0 spiro atoms. The lowest BCUT2D eigenvalue weighted by molar-refractivity contribution is 0.0676. The summed E-state index contributed by atoms with van der Waals surface area (Å²) in [4.78, 5) is 32.1. The number of aromatic nitrogens is 2. The van der Waals surface area contributed by atoms with Gasteiger partial charge in [-0.05, 0) is 43.9 Å². The van der Waals surface area contributed by atoms with Gasteiger partial charge in [0.25, 0.3) is 11.8 Å². The van der Waals surface area contributed by atoms with Crippen molar-refractivity contribution in [2.45, 2.75) is 59.4 Å². The summed E-state index contributed by atoms with van der Waals surface area (Å²) in [5, 5.41) is 2.94. The molecular formula is C19H30N4O2. The third-order valence-electron chi connectivity index (χ3n) is 5.14. The van der Waals surface area contributed by atoms with Gasteiger partial charge >= 0.3 is 0 Å². The van der Waals surface area contributed by atoms with E-state index in [0.717, 1.165) is 51.0 Å². The van der Waals surface area contributed by atoms with E-state index in [-0.39, 0.29) is 11.8 Å². The summed E-state index contributed by atoms with van der Waals surface area (Å²) in [6.45, 7) is 9.29. The van der Waals surface area contributed by atoms with E-state index in [1.165, 1.54) is 6.42 Å². The molecule has 25 heavy (non-hydrogen) atoms. The van der Waals surface area contributed by atoms with Crippen LogP contribution in [-0.4, -0.2) is 45.9 Å². The predicted molar refractivity (Wildman–Crippen MR) is 96.6 cm³/mol. The van der Waals surface area contributed by atoms with Gasteiger partial charge in [-0.3, -0.25) is 9.59 Å². The number of amides is 2. The molecule has 2 aliphatic rings. The summed E-state index contributed by atoms with van der Waals surface area (Å²) in [5.41, 5.74) is 1.45. The van der Waals surface area contributed by atoms with Crippen LogP contribution in [0.2, 0.25) is 0 Å². The Hall–Kier alpha value is -1.85. The topological polar surface area (TPSA) is 67.2 Å². The van der Waals surface area contributed by atoms with Crippen LogP contribution >= 0.6 is 0 Å². The summed E-state index contributed by atoms with van der Waals surface area (Å²) in [6, 6.07) is 0. The van der Waals surface area contributed by atoms with Crippen LogP contribution in [0.5, 0.6) is 0 Å². The van der Waals surface area contributed by atoms with Gasteiger partial charge in [0.05, 0.1) is 5.69 Å². The van der Waals surface area contributed by atoms with E-state index in [0.29, 0.717) is 29.9 Å². The van der Waals surface area contributed by atoms with Crippen molar-refractivity contribution in [3.8, 4) is 0 Å². The Morgan fingerprint density at radius 2 is 2.04 bits per heavy atom. The highest BCUT2D eigenvalue weighted by Crippen LogP contribution is 2.24. The van der Waals surface area contributed by atoms with Crippen LogP contribution in [0.1, 0.15) is 73.3 Å². The van der Waals surface area contributed by atoms with Crippen molar-refractivity contribution < 1.29 is 9.59 Å². The monoisotopic (exact) mass is 346 g/mol. The molecule has 6 nitrogen and oxygen atoms in total. The van der Waals surface area contributed by atoms with Gasteiger partial charge in [0, 0.05) is 26.2 Å². The van der Waals surface area contributed by atoms with Crippen molar-refractivity contribution in [1.29, 1.82) is 0 Å². The zero-order valence-electron chi connectivity index (χ0n) is 15.7. The Morgan fingerprint density at radius 3 is 2.76 bits per heavy atom. The third kappa shape index (κ3) is 3.88. The quantitative estimate of drug-likeness (QED) is 0.911.